The molecule has 0 aliphatic carbocycles. The molecule has 0 radical (unpaired) electrons. The van der Waals surface area contributed by atoms with Gasteiger partial charge in [-0.15, -0.1) is 0 Å². The van der Waals surface area contributed by atoms with Crippen LogP contribution >= 0.6 is 0 Å². The Bertz CT molecular complexity index is 837. The van der Waals surface area contributed by atoms with Gasteiger partial charge in [0.15, 0.2) is 12.1 Å². The number of hydrogen-bond acceptors (Lipinski definition) is 6. The Labute approximate surface area is 204 Å². The predicted molar refractivity (Wildman–Crippen MR) is 135 cm³/mol. The molecule has 34 heavy (non-hydrogen) atoms. The fraction of sp³-hybridized carbons (Fsp3) is 0.741. The molecule has 2 aliphatic rings. The first-order valence-electron chi connectivity index (χ1n) is 13.4. The topological polar surface area (TPSA) is 77.6 Å². The molecule has 2 aromatic rings. The SMILES string of the molecule is CCCCCCCCCCCCO[C@H]1[C@H]2OC(C)(C)O[C@H]2O[C@@H]1CNc1nc2ccccc2[nH]1. The highest BCUT2D eigenvalue weighted by Gasteiger charge is 2.55. The van der Waals surface area contributed by atoms with Gasteiger partial charge in [-0.3, -0.25) is 0 Å². The second kappa shape index (κ2) is 12.3. The number of hydrogen-bond donors (Lipinski definition) is 2. The molecule has 1 aromatic heterocycles. The monoisotopic (exact) mass is 473 g/mol. The molecular formula is C27H43N3O4. The van der Waals surface area contributed by atoms with Crippen LogP contribution in [0.5, 0.6) is 0 Å². The van der Waals surface area contributed by atoms with Crippen LogP contribution in [0.15, 0.2) is 24.3 Å². The Morgan fingerprint density at radius 2 is 1.68 bits per heavy atom. The molecule has 4 atom stereocenters. The molecule has 7 nitrogen and oxygen atoms in total. The molecule has 190 valence electrons. The number of aromatic nitrogens is 2. The lowest BCUT2D eigenvalue weighted by Crippen LogP contribution is -2.40. The van der Waals surface area contributed by atoms with Crippen molar-refractivity contribution < 1.29 is 18.9 Å². The van der Waals surface area contributed by atoms with Crippen LogP contribution in [0.1, 0.15) is 85.0 Å². The quantitative estimate of drug-likeness (QED) is 0.302. The maximum atomic E-state index is 6.34. The Morgan fingerprint density at radius 3 is 2.41 bits per heavy atom. The summed E-state index contributed by atoms with van der Waals surface area (Å²) in [5.74, 6) is 0.0862. The number of nitrogens with one attached hydrogen (secondary N) is 2. The van der Waals surface area contributed by atoms with Crippen molar-refractivity contribution in [1.82, 2.24) is 9.97 Å². The molecule has 0 saturated carbocycles. The molecule has 0 unspecified atom stereocenters. The molecule has 2 saturated heterocycles. The van der Waals surface area contributed by atoms with E-state index in [1.807, 2.05) is 38.1 Å². The Kier molecular flexibility index (Phi) is 9.23. The minimum absolute atomic E-state index is 0.164. The number of para-hydroxylation sites is 2. The molecule has 1 aromatic carbocycles. The van der Waals surface area contributed by atoms with Crippen molar-refractivity contribution in [2.45, 2.75) is 115 Å². The van der Waals surface area contributed by atoms with E-state index >= 15 is 0 Å². The molecule has 3 heterocycles. The third-order valence-corrected chi connectivity index (χ3v) is 6.76. The first-order valence-corrected chi connectivity index (χ1v) is 13.4. The molecule has 2 fully saturated rings. The molecule has 0 spiro atoms. The summed E-state index contributed by atoms with van der Waals surface area (Å²) < 4.78 is 24.7. The van der Waals surface area contributed by atoms with Gasteiger partial charge in [0, 0.05) is 13.2 Å². The van der Waals surface area contributed by atoms with Crippen LogP contribution in [0.2, 0.25) is 0 Å². The zero-order valence-electron chi connectivity index (χ0n) is 21.2. The number of anilines is 1. The van der Waals surface area contributed by atoms with E-state index < -0.39 is 12.1 Å². The maximum Gasteiger partial charge on any atom is 0.201 e. The molecule has 2 N–H and O–H groups in total. The zero-order valence-corrected chi connectivity index (χ0v) is 21.2. The fourth-order valence-electron chi connectivity index (χ4n) is 4.96. The van der Waals surface area contributed by atoms with Gasteiger partial charge in [0.05, 0.1) is 11.0 Å². The van der Waals surface area contributed by atoms with Crippen LogP contribution < -0.4 is 5.32 Å². The third-order valence-electron chi connectivity index (χ3n) is 6.76. The van der Waals surface area contributed by atoms with E-state index in [9.17, 15) is 0 Å². The Balaban J connectivity index is 1.20. The van der Waals surface area contributed by atoms with E-state index in [1.54, 1.807) is 0 Å². The summed E-state index contributed by atoms with van der Waals surface area (Å²) in [4.78, 5) is 7.91. The van der Waals surface area contributed by atoms with Gasteiger partial charge in [0.25, 0.3) is 0 Å². The first-order chi connectivity index (χ1) is 16.6. The molecule has 4 rings (SSSR count). The minimum Gasteiger partial charge on any atom is -0.373 e. The summed E-state index contributed by atoms with van der Waals surface area (Å²) in [5.41, 5.74) is 1.95. The standard InChI is InChI=1S/C27H43N3O4/c1-4-5-6-7-8-9-10-11-12-15-18-31-23-22(32-25-24(23)33-27(2,3)34-25)19-28-26-29-20-16-13-14-17-21(20)30-26/h13-14,16-17,22-25H,4-12,15,18-19H2,1-3H3,(H2,28,29,30)/t22-,23-,24-,25-/m1/s1. The molecule has 0 amide bonds. The van der Waals surface area contributed by atoms with Gasteiger partial charge in [0.2, 0.25) is 5.95 Å². The van der Waals surface area contributed by atoms with E-state index in [4.69, 9.17) is 18.9 Å². The predicted octanol–water partition coefficient (Wildman–Crippen LogP) is 6.16. The van der Waals surface area contributed by atoms with Crippen molar-refractivity contribution in [3.8, 4) is 0 Å². The van der Waals surface area contributed by atoms with E-state index in [0.29, 0.717) is 6.54 Å². The highest BCUT2D eigenvalue weighted by Crippen LogP contribution is 2.38. The summed E-state index contributed by atoms with van der Waals surface area (Å²) in [7, 11) is 0. The van der Waals surface area contributed by atoms with Crippen LogP contribution in [0.25, 0.3) is 11.0 Å². The highest BCUT2D eigenvalue weighted by atomic mass is 16.8. The third kappa shape index (κ3) is 6.94. The van der Waals surface area contributed by atoms with Crippen LogP contribution in [0.3, 0.4) is 0 Å². The molecule has 7 heteroatoms. The van der Waals surface area contributed by atoms with Crippen molar-refractivity contribution >= 4 is 17.0 Å². The number of H-pyrrole nitrogens is 1. The van der Waals surface area contributed by atoms with E-state index in [2.05, 4.69) is 22.2 Å². The lowest BCUT2D eigenvalue weighted by Gasteiger charge is -2.26. The normalized spacial score (nSPS) is 25.7. The summed E-state index contributed by atoms with van der Waals surface area (Å²) in [6.45, 7) is 7.42. The number of fused-ring (bicyclic) bond motifs is 2. The Hall–Kier alpha value is -1.67. The lowest BCUT2D eigenvalue weighted by molar-refractivity contribution is -0.216. The van der Waals surface area contributed by atoms with E-state index in [1.165, 1.54) is 57.8 Å². The van der Waals surface area contributed by atoms with Gasteiger partial charge in [-0.2, -0.15) is 0 Å². The number of unbranched alkanes of at least 4 members (excludes halogenated alkanes) is 9. The summed E-state index contributed by atoms with van der Waals surface area (Å²) in [6, 6.07) is 8.00. The van der Waals surface area contributed by atoms with Crippen molar-refractivity contribution in [3.05, 3.63) is 24.3 Å². The lowest BCUT2D eigenvalue weighted by atomic mass is 10.1. The molecular weight excluding hydrogens is 430 g/mol. The van der Waals surface area contributed by atoms with Gasteiger partial charge in [-0.1, -0.05) is 76.8 Å². The van der Waals surface area contributed by atoms with Gasteiger partial charge in [-0.25, -0.2) is 4.98 Å². The van der Waals surface area contributed by atoms with Crippen molar-refractivity contribution in [3.63, 3.8) is 0 Å². The van der Waals surface area contributed by atoms with E-state index in [0.717, 1.165) is 30.0 Å². The van der Waals surface area contributed by atoms with Crippen LogP contribution in [-0.2, 0) is 18.9 Å². The second-order valence-electron chi connectivity index (χ2n) is 10.1. The summed E-state index contributed by atoms with van der Waals surface area (Å²) in [5, 5.41) is 3.38. The highest BCUT2D eigenvalue weighted by molar-refractivity contribution is 5.77. The van der Waals surface area contributed by atoms with Crippen LogP contribution in [-0.4, -0.2) is 53.5 Å². The fourth-order valence-corrected chi connectivity index (χ4v) is 4.96. The van der Waals surface area contributed by atoms with Crippen LogP contribution in [0, 0.1) is 0 Å². The van der Waals surface area contributed by atoms with Crippen molar-refractivity contribution in [2.75, 3.05) is 18.5 Å². The van der Waals surface area contributed by atoms with Crippen LogP contribution in [0.4, 0.5) is 5.95 Å². The number of imidazole rings is 1. The zero-order chi connectivity index (χ0) is 23.8. The van der Waals surface area contributed by atoms with Crippen molar-refractivity contribution in [1.29, 1.82) is 0 Å². The average molecular weight is 474 g/mol. The smallest absolute Gasteiger partial charge is 0.201 e. The summed E-state index contributed by atoms with van der Waals surface area (Å²) >= 11 is 0. The summed E-state index contributed by atoms with van der Waals surface area (Å²) in [6.07, 6.45) is 12.2. The number of ether oxygens (including phenoxy) is 4. The minimum atomic E-state index is -0.648. The Morgan fingerprint density at radius 1 is 0.971 bits per heavy atom. The van der Waals surface area contributed by atoms with Gasteiger partial charge < -0.3 is 29.2 Å². The maximum absolute atomic E-state index is 6.34. The number of benzene rings is 1. The molecule has 2 aliphatic heterocycles. The van der Waals surface area contributed by atoms with Gasteiger partial charge >= 0.3 is 0 Å². The van der Waals surface area contributed by atoms with Gasteiger partial charge in [0.1, 0.15) is 18.3 Å². The first kappa shape index (κ1) is 25.4. The van der Waals surface area contributed by atoms with Gasteiger partial charge in [-0.05, 0) is 32.4 Å². The number of nitrogens with zero attached hydrogens (tertiary/aromatic N) is 1. The van der Waals surface area contributed by atoms with E-state index in [-0.39, 0.29) is 18.3 Å². The van der Waals surface area contributed by atoms with Crippen molar-refractivity contribution in [2.24, 2.45) is 0 Å². The largest absolute Gasteiger partial charge is 0.373 e. The second-order valence-corrected chi connectivity index (χ2v) is 10.1. The number of rotatable bonds is 15. The molecule has 0 bridgehead atoms. The number of aromatic amines is 1. The average Bonchev–Trinajstić information content (AvgIpc) is 3.45.